The van der Waals surface area contributed by atoms with Crippen LogP contribution in [-0.2, 0) is 26.6 Å². The SMILES string of the molecule is Cc1nn(Cc2ccccc2)c(Cl)c1CN1CCC[C@@H](Cc2nccn2C)C1. The highest BCUT2D eigenvalue weighted by Gasteiger charge is 2.24. The topological polar surface area (TPSA) is 38.9 Å². The summed E-state index contributed by atoms with van der Waals surface area (Å²) in [5, 5.41) is 5.48. The molecule has 0 amide bonds. The van der Waals surface area contributed by atoms with Crippen LogP contribution < -0.4 is 0 Å². The molecule has 3 aromatic rings. The predicted octanol–water partition coefficient (Wildman–Crippen LogP) is 4.08. The van der Waals surface area contributed by atoms with Crippen LogP contribution in [0.1, 0.15) is 35.5 Å². The fraction of sp³-hybridized carbons (Fsp3) is 0.455. The molecule has 1 atom stereocenters. The lowest BCUT2D eigenvalue weighted by Crippen LogP contribution is -2.36. The van der Waals surface area contributed by atoms with Crippen LogP contribution in [0.15, 0.2) is 42.7 Å². The van der Waals surface area contributed by atoms with Crippen molar-refractivity contribution >= 4 is 11.6 Å². The summed E-state index contributed by atoms with van der Waals surface area (Å²) in [5.41, 5.74) is 3.41. The number of benzene rings is 1. The first kappa shape index (κ1) is 19.2. The third-order valence-corrected chi connectivity index (χ3v) is 6.16. The molecule has 1 aromatic carbocycles. The zero-order valence-electron chi connectivity index (χ0n) is 16.7. The highest BCUT2D eigenvalue weighted by Crippen LogP contribution is 2.26. The zero-order valence-corrected chi connectivity index (χ0v) is 17.4. The van der Waals surface area contributed by atoms with Crippen molar-refractivity contribution in [3.05, 3.63) is 70.5 Å². The molecule has 6 heteroatoms. The third-order valence-electron chi connectivity index (χ3n) is 5.74. The lowest BCUT2D eigenvalue weighted by atomic mass is 9.94. The minimum atomic E-state index is 0.647. The molecular formula is C22H28ClN5. The second kappa shape index (κ2) is 8.50. The van der Waals surface area contributed by atoms with E-state index in [1.165, 1.54) is 24.2 Å². The van der Waals surface area contributed by atoms with Gasteiger partial charge in [0.1, 0.15) is 11.0 Å². The van der Waals surface area contributed by atoms with Gasteiger partial charge in [-0.2, -0.15) is 5.10 Å². The smallest absolute Gasteiger partial charge is 0.132 e. The second-order valence-corrected chi connectivity index (χ2v) is 8.26. The molecule has 0 saturated carbocycles. The van der Waals surface area contributed by atoms with E-state index in [1.807, 2.05) is 23.1 Å². The molecule has 28 heavy (non-hydrogen) atoms. The number of hydrogen-bond donors (Lipinski definition) is 0. The first-order chi connectivity index (χ1) is 13.6. The zero-order chi connectivity index (χ0) is 19.5. The largest absolute Gasteiger partial charge is 0.338 e. The van der Waals surface area contributed by atoms with Crippen molar-refractivity contribution in [2.45, 2.75) is 39.3 Å². The van der Waals surface area contributed by atoms with Crippen LogP contribution in [0.25, 0.3) is 0 Å². The van der Waals surface area contributed by atoms with Crippen LogP contribution in [0.5, 0.6) is 0 Å². The lowest BCUT2D eigenvalue weighted by molar-refractivity contribution is 0.165. The fourth-order valence-corrected chi connectivity index (χ4v) is 4.46. The Labute approximate surface area is 171 Å². The number of halogens is 1. The Balaban J connectivity index is 1.43. The number of piperidine rings is 1. The molecule has 0 unspecified atom stereocenters. The third kappa shape index (κ3) is 4.31. The number of nitrogens with zero attached hydrogens (tertiary/aromatic N) is 5. The maximum absolute atomic E-state index is 6.73. The quantitative estimate of drug-likeness (QED) is 0.629. The molecule has 1 aliphatic heterocycles. The minimum absolute atomic E-state index is 0.647. The molecule has 5 nitrogen and oxygen atoms in total. The van der Waals surface area contributed by atoms with Crippen molar-refractivity contribution in [2.75, 3.05) is 13.1 Å². The number of hydrogen-bond acceptors (Lipinski definition) is 3. The molecule has 1 fully saturated rings. The summed E-state index contributed by atoms with van der Waals surface area (Å²) in [6.45, 7) is 5.86. The lowest BCUT2D eigenvalue weighted by Gasteiger charge is -2.32. The van der Waals surface area contributed by atoms with E-state index in [9.17, 15) is 0 Å². The van der Waals surface area contributed by atoms with Crippen LogP contribution >= 0.6 is 11.6 Å². The van der Waals surface area contributed by atoms with Crippen LogP contribution in [0.4, 0.5) is 0 Å². The van der Waals surface area contributed by atoms with Crippen LogP contribution in [-0.4, -0.2) is 37.3 Å². The molecule has 3 heterocycles. The molecule has 0 aliphatic carbocycles. The fourth-order valence-electron chi connectivity index (χ4n) is 4.17. The van der Waals surface area contributed by atoms with Crippen LogP contribution in [0.3, 0.4) is 0 Å². The number of imidazole rings is 1. The highest BCUT2D eigenvalue weighted by molar-refractivity contribution is 6.30. The van der Waals surface area contributed by atoms with Gasteiger partial charge in [-0.25, -0.2) is 9.67 Å². The van der Waals surface area contributed by atoms with E-state index in [4.69, 9.17) is 16.7 Å². The van der Waals surface area contributed by atoms with Gasteiger partial charge in [-0.05, 0) is 37.8 Å². The van der Waals surface area contributed by atoms with Gasteiger partial charge in [0.15, 0.2) is 0 Å². The van der Waals surface area contributed by atoms with Crippen molar-refractivity contribution in [3.63, 3.8) is 0 Å². The first-order valence-corrected chi connectivity index (χ1v) is 10.4. The van der Waals surface area contributed by atoms with Gasteiger partial charge in [-0.3, -0.25) is 4.90 Å². The number of aromatic nitrogens is 4. The van der Waals surface area contributed by atoms with Gasteiger partial charge in [-0.1, -0.05) is 41.9 Å². The van der Waals surface area contributed by atoms with Gasteiger partial charge >= 0.3 is 0 Å². The summed E-state index contributed by atoms with van der Waals surface area (Å²) in [4.78, 5) is 7.03. The van der Waals surface area contributed by atoms with E-state index < -0.39 is 0 Å². The van der Waals surface area contributed by atoms with Gasteiger partial charge in [0.2, 0.25) is 0 Å². The predicted molar refractivity (Wildman–Crippen MR) is 112 cm³/mol. The molecule has 0 radical (unpaired) electrons. The maximum Gasteiger partial charge on any atom is 0.132 e. The van der Waals surface area contributed by atoms with Crippen LogP contribution in [0.2, 0.25) is 5.15 Å². The van der Waals surface area contributed by atoms with Crippen molar-refractivity contribution < 1.29 is 0 Å². The van der Waals surface area contributed by atoms with E-state index in [-0.39, 0.29) is 0 Å². The molecular weight excluding hydrogens is 370 g/mol. The van der Waals surface area contributed by atoms with E-state index in [0.29, 0.717) is 12.5 Å². The molecule has 4 rings (SSSR count). The van der Waals surface area contributed by atoms with E-state index in [0.717, 1.165) is 42.5 Å². The van der Waals surface area contributed by atoms with Gasteiger partial charge in [0, 0.05) is 44.5 Å². The summed E-state index contributed by atoms with van der Waals surface area (Å²) in [5.74, 6) is 1.82. The number of rotatable bonds is 6. The van der Waals surface area contributed by atoms with Gasteiger partial charge < -0.3 is 4.57 Å². The average Bonchev–Trinajstić information content (AvgIpc) is 3.21. The molecule has 1 saturated heterocycles. The maximum atomic E-state index is 6.73. The summed E-state index contributed by atoms with van der Waals surface area (Å²) in [7, 11) is 2.08. The number of aryl methyl sites for hydroxylation is 2. The first-order valence-electron chi connectivity index (χ1n) is 10.0. The van der Waals surface area contributed by atoms with Crippen molar-refractivity contribution in [3.8, 4) is 0 Å². The minimum Gasteiger partial charge on any atom is -0.338 e. The van der Waals surface area contributed by atoms with Crippen molar-refractivity contribution in [2.24, 2.45) is 13.0 Å². The van der Waals surface area contributed by atoms with Gasteiger partial charge in [0.25, 0.3) is 0 Å². The molecule has 2 aromatic heterocycles. The van der Waals surface area contributed by atoms with Crippen molar-refractivity contribution in [1.82, 2.24) is 24.2 Å². The standard InChI is InChI=1S/C22H28ClN5/c1-17-20(22(23)28(25-17)15-18-7-4-3-5-8-18)16-27-11-6-9-19(14-27)13-21-24-10-12-26(21)2/h3-5,7-8,10,12,19H,6,9,11,13-16H2,1-2H3/t19-/m0/s1. The number of likely N-dealkylation sites (tertiary alicyclic amines) is 1. The molecule has 0 spiro atoms. The summed E-state index contributed by atoms with van der Waals surface area (Å²) in [6.07, 6.45) is 7.45. The second-order valence-electron chi connectivity index (χ2n) is 7.90. The average molecular weight is 398 g/mol. The monoisotopic (exact) mass is 397 g/mol. The summed E-state index contributed by atoms with van der Waals surface area (Å²) in [6, 6.07) is 10.4. The Morgan fingerprint density at radius 2 is 2.00 bits per heavy atom. The van der Waals surface area contributed by atoms with Gasteiger partial charge in [0.05, 0.1) is 12.2 Å². The van der Waals surface area contributed by atoms with Crippen molar-refractivity contribution in [1.29, 1.82) is 0 Å². The highest BCUT2D eigenvalue weighted by atomic mass is 35.5. The normalized spacial score (nSPS) is 17.9. The van der Waals surface area contributed by atoms with Crippen LogP contribution in [0, 0.1) is 12.8 Å². The molecule has 0 N–H and O–H groups in total. The summed E-state index contributed by atoms with van der Waals surface area (Å²) >= 11 is 6.73. The van der Waals surface area contributed by atoms with E-state index in [1.54, 1.807) is 0 Å². The van der Waals surface area contributed by atoms with Gasteiger partial charge in [-0.15, -0.1) is 0 Å². The Bertz CT molecular complexity index is 914. The Morgan fingerprint density at radius 1 is 1.18 bits per heavy atom. The Morgan fingerprint density at radius 3 is 2.75 bits per heavy atom. The van der Waals surface area contributed by atoms with E-state index in [2.05, 4.69) is 52.7 Å². The molecule has 1 aliphatic rings. The Kier molecular flexibility index (Phi) is 5.83. The molecule has 0 bridgehead atoms. The molecule has 148 valence electrons. The van der Waals surface area contributed by atoms with E-state index >= 15 is 0 Å². The summed E-state index contributed by atoms with van der Waals surface area (Å²) < 4.78 is 4.06. The Hall–Kier alpha value is -2.11.